The molecule has 0 amide bonds. The zero-order valence-corrected chi connectivity index (χ0v) is 23.5. The van der Waals surface area contributed by atoms with Gasteiger partial charge in [-0.05, 0) is 36.7 Å². The quantitative estimate of drug-likeness (QED) is 0.125. The van der Waals surface area contributed by atoms with Crippen LogP contribution >= 0.6 is 0 Å². The van der Waals surface area contributed by atoms with Crippen LogP contribution in [0.15, 0.2) is 53.8 Å². The molecule has 2 aliphatic rings. The number of cyclic esters (lactones) is 1. The van der Waals surface area contributed by atoms with Gasteiger partial charge in [0.2, 0.25) is 0 Å². The average molecular weight is 549 g/mol. The Hall–Kier alpha value is -3.60. The van der Waals surface area contributed by atoms with Gasteiger partial charge in [-0.25, -0.2) is 14.6 Å². The van der Waals surface area contributed by atoms with Crippen molar-refractivity contribution in [3.8, 4) is 11.4 Å². The number of pyridine rings is 2. The Bertz CT molecular complexity index is 1530. The molecule has 0 saturated heterocycles. The van der Waals surface area contributed by atoms with E-state index in [-0.39, 0.29) is 31.8 Å². The number of hydrogen-bond donors (Lipinski definition) is 0. The number of carbonyl (C=O) groups is 2. The van der Waals surface area contributed by atoms with Crippen LogP contribution in [0.4, 0.5) is 0 Å². The van der Waals surface area contributed by atoms with Gasteiger partial charge in [0.1, 0.15) is 13.2 Å². The monoisotopic (exact) mass is 548 g/mol. The molecule has 1 atom stereocenters. The van der Waals surface area contributed by atoms with E-state index >= 15 is 0 Å². The van der Waals surface area contributed by atoms with Crippen LogP contribution in [0.2, 0.25) is 12.1 Å². The molecule has 0 fully saturated rings. The lowest BCUT2D eigenvalue weighted by molar-refractivity contribution is -0.172. The maximum absolute atomic E-state index is 13.8. The van der Waals surface area contributed by atoms with Crippen LogP contribution in [0.25, 0.3) is 22.3 Å². The van der Waals surface area contributed by atoms with Crippen LogP contribution in [0, 0.1) is 0 Å². The zero-order valence-electron chi connectivity index (χ0n) is 22.5. The fourth-order valence-corrected chi connectivity index (χ4v) is 8.14. The summed E-state index contributed by atoms with van der Waals surface area (Å²) in [6.07, 6.45) is 1.35. The predicted octanol–water partition coefficient (Wildman–Crippen LogP) is 4.33. The van der Waals surface area contributed by atoms with Gasteiger partial charge in [-0.1, -0.05) is 45.5 Å². The van der Waals surface area contributed by atoms with E-state index in [4.69, 9.17) is 23.3 Å². The van der Waals surface area contributed by atoms with Gasteiger partial charge >= 0.3 is 20.5 Å². The molecule has 1 aromatic carbocycles. The normalized spacial score (nSPS) is 17.8. The fourth-order valence-electron chi connectivity index (χ4n) is 5.46. The molecule has 5 rings (SSSR count). The average Bonchev–Trinajstić information content (AvgIpc) is 3.32. The number of rotatable bonds is 10. The molecule has 2 aliphatic heterocycles. The Morgan fingerprint density at radius 3 is 2.67 bits per heavy atom. The predicted molar refractivity (Wildman–Crippen MR) is 147 cm³/mol. The highest BCUT2D eigenvalue weighted by molar-refractivity contribution is 6.67. The molecule has 3 aromatic rings. The topological polar surface area (TPSA) is 106 Å². The molecule has 0 aliphatic carbocycles. The molecule has 39 heavy (non-hydrogen) atoms. The van der Waals surface area contributed by atoms with E-state index < -0.39 is 26.1 Å². The third-order valence-electron chi connectivity index (χ3n) is 7.68. The van der Waals surface area contributed by atoms with Crippen LogP contribution in [-0.2, 0) is 46.7 Å². The van der Waals surface area contributed by atoms with E-state index in [9.17, 15) is 14.4 Å². The maximum atomic E-state index is 13.8. The summed E-state index contributed by atoms with van der Waals surface area (Å²) in [6.45, 7) is 9.58. The van der Waals surface area contributed by atoms with Crippen LogP contribution in [0.1, 0.15) is 43.9 Å². The molecule has 10 heteroatoms. The largest absolute Gasteiger partial charge is 0.460 e. The van der Waals surface area contributed by atoms with E-state index in [1.165, 1.54) is 0 Å². The standard InChI is InChI=1S/C29H32N2O7Si/c1-5-25(32)35-13-14-37-39(7-3,8-4)38-29(6-2)22-16-24-26-20(15-19-11-9-10-12-23(19)30-26)17-31(24)27(33)21(22)18-36-28(29)34/h5,9-12,15-16H,1,6-8,13-14,17-18H2,2-4H3/t29-/m0/s1. The van der Waals surface area contributed by atoms with E-state index in [2.05, 4.69) is 12.6 Å². The molecular weight excluding hydrogens is 516 g/mol. The summed E-state index contributed by atoms with van der Waals surface area (Å²) in [5.41, 5.74) is 2.38. The van der Waals surface area contributed by atoms with Gasteiger partial charge in [0.15, 0.2) is 5.60 Å². The molecule has 0 radical (unpaired) electrons. The van der Waals surface area contributed by atoms with E-state index in [1.54, 1.807) is 4.57 Å². The summed E-state index contributed by atoms with van der Waals surface area (Å²) in [7, 11) is -3.01. The minimum Gasteiger partial charge on any atom is -0.460 e. The highest BCUT2D eigenvalue weighted by Crippen LogP contribution is 2.43. The number of hydrogen-bond acceptors (Lipinski definition) is 8. The zero-order chi connectivity index (χ0) is 27.8. The van der Waals surface area contributed by atoms with Crippen molar-refractivity contribution in [1.29, 1.82) is 0 Å². The Balaban J connectivity index is 1.58. The van der Waals surface area contributed by atoms with Crippen LogP contribution in [0.3, 0.4) is 0 Å². The third kappa shape index (κ3) is 4.52. The lowest BCUT2D eigenvalue weighted by atomic mass is 9.86. The number of esters is 2. The van der Waals surface area contributed by atoms with Gasteiger partial charge in [-0.2, -0.15) is 0 Å². The molecule has 0 saturated carbocycles. The Morgan fingerprint density at radius 2 is 1.95 bits per heavy atom. The van der Waals surface area contributed by atoms with Gasteiger partial charge in [-0.15, -0.1) is 0 Å². The number of aromatic nitrogens is 2. The number of benzene rings is 1. The first kappa shape index (κ1) is 27.0. The molecule has 0 spiro atoms. The summed E-state index contributed by atoms with van der Waals surface area (Å²) >= 11 is 0. The van der Waals surface area contributed by atoms with Gasteiger partial charge in [0.05, 0.1) is 35.6 Å². The van der Waals surface area contributed by atoms with Crippen molar-refractivity contribution in [2.24, 2.45) is 0 Å². The van der Waals surface area contributed by atoms with Crippen LogP contribution < -0.4 is 5.56 Å². The lowest BCUT2D eigenvalue weighted by Gasteiger charge is -2.42. The molecule has 204 valence electrons. The molecule has 0 unspecified atom stereocenters. The Kier molecular flexibility index (Phi) is 7.28. The smallest absolute Gasteiger partial charge is 0.342 e. The molecule has 0 N–H and O–H groups in total. The number of para-hydroxylation sites is 1. The van der Waals surface area contributed by atoms with Crippen molar-refractivity contribution >= 4 is 31.4 Å². The fraction of sp³-hybridized carbons (Fsp3) is 0.379. The lowest BCUT2D eigenvalue weighted by Crippen LogP contribution is -2.55. The van der Waals surface area contributed by atoms with Crippen molar-refractivity contribution in [2.75, 3.05) is 13.2 Å². The van der Waals surface area contributed by atoms with Gasteiger partial charge in [0, 0.05) is 22.6 Å². The van der Waals surface area contributed by atoms with E-state index in [1.807, 2.05) is 51.1 Å². The number of ether oxygens (including phenoxy) is 2. The summed E-state index contributed by atoms with van der Waals surface area (Å²) in [5.74, 6) is -1.07. The number of carbonyl (C=O) groups excluding carboxylic acids is 2. The Labute approximate surface area is 227 Å². The van der Waals surface area contributed by atoms with Crippen molar-refractivity contribution < 1.29 is 27.9 Å². The van der Waals surface area contributed by atoms with Gasteiger partial charge in [0.25, 0.3) is 5.56 Å². The van der Waals surface area contributed by atoms with Crippen molar-refractivity contribution in [3.05, 3.63) is 76.1 Å². The SMILES string of the molecule is C=CC(=O)OCCO[Si](CC)(CC)O[C@]1(CC)C(=O)OCc2c1cc1n(c2=O)Cc2cc3ccccc3nc2-1. The first-order valence-electron chi connectivity index (χ1n) is 13.3. The second-order valence-electron chi connectivity index (χ2n) is 9.70. The molecule has 4 heterocycles. The highest BCUT2D eigenvalue weighted by Gasteiger charge is 2.53. The highest BCUT2D eigenvalue weighted by atomic mass is 28.4. The summed E-state index contributed by atoms with van der Waals surface area (Å²) in [6, 6.07) is 12.9. The second kappa shape index (κ2) is 10.5. The van der Waals surface area contributed by atoms with Crippen molar-refractivity contribution in [2.45, 2.75) is 58.0 Å². The van der Waals surface area contributed by atoms with Crippen molar-refractivity contribution in [1.82, 2.24) is 9.55 Å². The number of nitrogens with zero attached hydrogens (tertiary/aromatic N) is 2. The first-order chi connectivity index (χ1) is 18.8. The summed E-state index contributed by atoms with van der Waals surface area (Å²) in [4.78, 5) is 43.6. The molecule has 2 aromatic heterocycles. The summed E-state index contributed by atoms with van der Waals surface area (Å²) in [5, 5.41) is 1.00. The van der Waals surface area contributed by atoms with Crippen LogP contribution in [0.5, 0.6) is 0 Å². The molecule has 9 nitrogen and oxygen atoms in total. The summed E-state index contributed by atoms with van der Waals surface area (Å²) < 4.78 is 25.4. The molecular formula is C29H32N2O7Si. The van der Waals surface area contributed by atoms with E-state index in [0.717, 1.165) is 28.2 Å². The van der Waals surface area contributed by atoms with Crippen LogP contribution in [-0.4, -0.2) is 43.3 Å². The first-order valence-corrected chi connectivity index (χ1v) is 15.5. The minimum absolute atomic E-state index is 0.0361. The molecule has 0 bridgehead atoms. The second-order valence-corrected chi connectivity index (χ2v) is 13.4. The van der Waals surface area contributed by atoms with E-state index in [0.29, 0.717) is 35.5 Å². The Morgan fingerprint density at radius 1 is 1.18 bits per heavy atom. The maximum Gasteiger partial charge on any atom is 0.342 e. The minimum atomic E-state index is -3.01. The van der Waals surface area contributed by atoms with Crippen molar-refractivity contribution in [3.63, 3.8) is 0 Å². The number of fused-ring (bicyclic) bond motifs is 5. The third-order valence-corrected chi connectivity index (χ3v) is 11.3. The van der Waals surface area contributed by atoms with Gasteiger partial charge in [-0.3, -0.25) is 4.79 Å². The van der Waals surface area contributed by atoms with Gasteiger partial charge < -0.3 is 22.9 Å².